The molecular weight excluding hydrogens is 358 g/mol. The predicted molar refractivity (Wildman–Crippen MR) is 104 cm³/mol. The van der Waals surface area contributed by atoms with Gasteiger partial charge in [-0.15, -0.1) is 0 Å². The number of rotatable bonds is 6. The Kier molecular flexibility index (Phi) is 4.97. The van der Waals surface area contributed by atoms with Crippen molar-refractivity contribution in [3.05, 3.63) is 72.1 Å². The third kappa shape index (κ3) is 3.98. The van der Waals surface area contributed by atoms with Gasteiger partial charge in [-0.2, -0.15) is 0 Å². The third-order valence-corrected chi connectivity index (χ3v) is 4.27. The highest BCUT2D eigenvalue weighted by Crippen LogP contribution is 2.35. The number of pyridine rings is 1. The lowest BCUT2D eigenvalue weighted by molar-refractivity contribution is 0.0946. The van der Waals surface area contributed by atoms with E-state index in [1.165, 1.54) is 0 Å². The van der Waals surface area contributed by atoms with E-state index in [0.717, 1.165) is 28.4 Å². The van der Waals surface area contributed by atoms with Gasteiger partial charge in [0.15, 0.2) is 11.5 Å². The molecule has 0 atom stereocenters. The molecule has 2 N–H and O–H groups in total. The molecule has 0 unspecified atom stereocenters. The number of hydrogen-bond donors (Lipinski definition) is 2. The summed E-state index contributed by atoms with van der Waals surface area (Å²) in [5.41, 5.74) is 2.89. The second kappa shape index (κ2) is 7.87. The standard InChI is InChI=1S/C21H19N3O4/c1-26-17-5-2-14(3-6-17)12-23-21(25)18-10-16(8-9-22-18)24-15-4-7-19-20(11-15)28-13-27-19/h2-11H,12-13H2,1H3,(H,22,24)(H,23,25). The molecule has 2 heterocycles. The van der Waals surface area contributed by atoms with Crippen molar-refractivity contribution in [2.75, 3.05) is 19.2 Å². The topological polar surface area (TPSA) is 81.7 Å². The van der Waals surface area contributed by atoms with E-state index in [1.54, 1.807) is 25.4 Å². The van der Waals surface area contributed by atoms with E-state index in [9.17, 15) is 4.79 Å². The van der Waals surface area contributed by atoms with Gasteiger partial charge in [0.1, 0.15) is 11.4 Å². The zero-order chi connectivity index (χ0) is 19.3. The Morgan fingerprint density at radius 3 is 2.64 bits per heavy atom. The number of carbonyl (C=O) groups is 1. The van der Waals surface area contributed by atoms with Gasteiger partial charge in [-0.1, -0.05) is 12.1 Å². The second-order valence-electron chi connectivity index (χ2n) is 6.15. The van der Waals surface area contributed by atoms with Gasteiger partial charge in [0, 0.05) is 30.2 Å². The van der Waals surface area contributed by atoms with E-state index in [-0.39, 0.29) is 12.7 Å². The largest absolute Gasteiger partial charge is 0.497 e. The number of nitrogens with one attached hydrogen (secondary N) is 2. The Bertz CT molecular complexity index is 989. The summed E-state index contributed by atoms with van der Waals surface area (Å²) in [4.78, 5) is 16.6. The first-order valence-corrected chi connectivity index (χ1v) is 8.75. The number of amides is 1. The molecule has 28 heavy (non-hydrogen) atoms. The van der Waals surface area contributed by atoms with Crippen LogP contribution >= 0.6 is 0 Å². The molecule has 0 fully saturated rings. The molecule has 7 nitrogen and oxygen atoms in total. The van der Waals surface area contributed by atoms with Crippen LogP contribution in [0.25, 0.3) is 0 Å². The lowest BCUT2D eigenvalue weighted by Crippen LogP contribution is -2.23. The van der Waals surface area contributed by atoms with Crippen LogP contribution in [-0.4, -0.2) is 24.8 Å². The lowest BCUT2D eigenvalue weighted by Gasteiger charge is -2.09. The number of methoxy groups -OCH3 is 1. The summed E-state index contributed by atoms with van der Waals surface area (Å²) in [5.74, 6) is 1.94. The van der Waals surface area contributed by atoms with Crippen molar-refractivity contribution >= 4 is 17.3 Å². The molecular formula is C21H19N3O4. The van der Waals surface area contributed by atoms with Crippen molar-refractivity contribution in [1.29, 1.82) is 0 Å². The van der Waals surface area contributed by atoms with Gasteiger partial charge in [-0.05, 0) is 42.0 Å². The average molecular weight is 377 g/mol. The van der Waals surface area contributed by atoms with Gasteiger partial charge in [0.25, 0.3) is 5.91 Å². The normalized spacial score (nSPS) is 11.8. The molecule has 0 spiro atoms. The number of anilines is 2. The van der Waals surface area contributed by atoms with E-state index >= 15 is 0 Å². The molecule has 0 saturated heterocycles. The Hall–Kier alpha value is -3.74. The minimum absolute atomic E-state index is 0.229. The summed E-state index contributed by atoms with van der Waals surface area (Å²) in [6, 6.07) is 16.6. The first-order valence-electron chi connectivity index (χ1n) is 8.75. The highest BCUT2D eigenvalue weighted by Gasteiger charge is 2.14. The van der Waals surface area contributed by atoms with Crippen LogP contribution in [-0.2, 0) is 6.54 Å². The summed E-state index contributed by atoms with van der Waals surface area (Å²) in [5, 5.41) is 6.12. The Morgan fingerprint density at radius 1 is 1.04 bits per heavy atom. The van der Waals surface area contributed by atoms with Crippen molar-refractivity contribution in [2.45, 2.75) is 6.54 Å². The van der Waals surface area contributed by atoms with E-state index in [4.69, 9.17) is 14.2 Å². The Labute approximate surface area is 162 Å². The van der Waals surface area contributed by atoms with Crippen LogP contribution in [0.2, 0.25) is 0 Å². The Balaban J connectivity index is 1.40. The summed E-state index contributed by atoms with van der Waals surface area (Å²) in [7, 11) is 1.62. The monoisotopic (exact) mass is 377 g/mol. The molecule has 3 aromatic rings. The number of benzene rings is 2. The fraction of sp³-hybridized carbons (Fsp3) is 0.143. The molecule has 4 rings (SSSR count). The molecule has 1 aromatic heterocycles. The fourth-order valence-corrected chi connectivity index (χ4v) is 2.79. The van der Waals surface area contributed by atoms with Gasteiger partial charge in [0.2, 0.25) is 6.79 Å². The average Bonchev–Trinajstić information content (AvgIpc) is 3.20. The molecule has 0 saturated carbocycles. The maximum absolute atomic E-state index is 12.4. The van der Waals surface area contributed by atoms with Crippen LogP contribution in [0.5, 0.6) is 17.2 Å². The van der Waals surface area contributed by atoms with Crippen LogP contribution in [0.1, 0.15) is 16.1 Å². The van der Waals surface area contributed by atoms with Gasteiger partial charge in [-0.3, -0.25) is 9.78 Å². The highest BCUT2D eigenvalue weighted by molar-refractivity contribution is 5.93. The molecule has 142 valence electrons. The van der Waals surface area contributed by atoms with E-state index in [2.05, 4.69) is 15.6 Å². The quantitative estimate of drug-likeness (QED) is 0.684. The van der Waals surface area contributed by atoms with Crippen molar-refractivity contribution in [1.82, 2.24) is 10.3 Å². The molecule has 0 bridgehead atoms. The minimum Gasteiger partial charge on any atom is -0.497 e. The van der Waals surface area contributed by atoms with E-state index < -0.39 is 0 Å². The maximum atomic E-state index is 12.4. The molecule has 1 amide bonds. The molecule has 0 aliphatic carbocycles. The molecule has 1 aliphatic heterocycles. The summed E-state index contributed by atoms with van der Waals surface area (Å²) in [6.07, 6.45) is 1.59. The number of ether oxygens (including phenoxy) is 3. The zero-order valence-electron chi connectivity index (χ0n) is 15.3. The number of aromatic nitrogens is 1. The number of carbonyl (C=O) groups excluding carboxylic acids is 1. The third-order valence-electron chi connectivity index (χ3n) is 4.27. The smallest absolute Gasteiger partial charge is 0.270 e. The SMILES string of the molecule is COc1ccc(CNC(=O)c2cc(Nc3ccc4c(c3)OCO4)ccn2)cc1. The molecule has 0 radical (unpaired) electrons. The van der Waals surface area contributed by atoms with Crippen LogP contribution in [0.15, 0.2) is 60.8 Å². The number of nitrogens with zero attached hydrogens (tertiary/aromatic N) is 1. The number of hydrogen-bond acceptors (Lipinski definition) is 6. The van der Waals surface area contributed by atoms with Crippen LogP contribution in [0.4, 0.5) is 11.4 Å². The summed E-state index contributed by atoms with van der Waals surface area (Å²) < 4.78 is 15.8. The Morgan fingerprint density at radius 2 is 1.82 bits per heavy atom. The van der Waals surface area contributed by atoms with Crippen LogP contribution in [0.3, 0.4) is 0 Å². The molecule has 7 heteroatoms. The summed E-state index contributed by atoms with van der Waals surface area (Å²) >= 11 is 0. The summed E-state index contributed by atoms with van der Waals surface area (Å²) in [6.45, 7) is 0.636. The maximum Gasteiger partial charge on any atom is 0.270 e. The molecule has 1 aliphatic rings. The van der Waals surface area contributed by atoms with E-state index in [1.807, 2.05) is 42.5 Å². The first-order chi connectivity index (χ1) is 13.7. The van der Waals surface area contributed by atoms with Gasteiger partial charge in [-0.25, -0.2) is 0 Å². The van der Waals surface area contributed by atoms with Crippen LogP contribution in [0, 0.1) is 0 Å². The van der Waals surface area contributed by atoms with Gasteiger partial charge in [0.05, 0.1) is 7.11 Å². The lowest BCUT2D eigenvalue weighted by atomic mass is 10.2. The predicted octanol–water partition coefficient (Wildman–Crippen LogP) is 3.49. The minimum atomic E-state index is -0.245. The van der Waals surface area contributed by atoms with Crippen molar-refractivity contribution < 1.29 is 19.0 Å². The van der Waals surface area contributed by atoms with Crippen molar-refractivity contribution in [2.24, 2.45) is 0 Å². The van der Waals surface area contributed by atoms with Gasteiger partial charge < -0.3 is 24.8 Å². The van der Waals surface area contributed by atoms with Crippen molar-refractivity contribution in [3.63, 3.8) is 0 Å². The van der Waals surface area contributed by atoms with Crippen molar-refractivity contribution in [3.8, 4) is 17.2 Å². The first kappa shape index (κ1) is 17.7. The van der Waals surface area contributed by atoms with Gasteiger partial charge >= 0.3 is 0 Å². The zero-order valence-corrected chi connectivity index (χ0v) is 15.3. The van der Waals surface area contributed by atoms with E-state index in [0.29, 0.717) is 18.0 Å². The highest BCUT2D eigenvalue weighted by atomic mass is 16.7. The van der Waals surface area contributed by atoms with Crippen LogP contribution < -0.4 is 24.8 Å². The fourth-order valence-electron chi connectivity index (χ4n) is 2.79. The molecule has 2 aromatic carbocycles. The number of fused-ring (bicyclic) bond motifs is 1. The second-order valence-corrected chi connectivity index (χ2v) is 6.15.